The molecule has 110 valence electrons. The molecule has 0 aliphatic rings. The summed E-state index contributed by atoms with van der Waals surface area (Å²) in [6.07, 6.45) is -0.202. The third kappa shape index (κ3) is 3.76. The van der Waals surface area contributed by atoms with Crippen LogP contribution in [0.15, 0.2) is 18.2 Å². The van der Waals surface area contributed by atoms with Crippen molar-refractivity contribution in [3.8, 4) is 0 Å². The molecule has 0 aliphatic heterocycles. The van der Waals surface area contributed by atoms with Gasteiger partial charge in [-0.15, -0.1) is 0 Å². The molecular formula is C14H17F2NO3. The van der Waals surface area contributed by atoms with Crippen LogP contribution < -0.4 is 0 Å². The van der Waals surface area contributed by atoms with Crippen LogP contribution >= 0.6 is 0 Å². The number of carboxylic acid groups (broad SMARTS) is 1. The van der Waals surface area contributed by atoms with Gasteiger partial charge in [0.15, 0.2) is 0 Å². The highest BCUT2D eigenvalue weighted by atomic mass is 19.1. The van der Waals surface area contributed by atoms with Crippen LogP contribution in [0.4, 0.5) is 8.78 Å². The van der Waals surface area contributed by atoms with Crippen LogP contribution in [-0.4, -0.2) is 35.0 Å². The minimum Gasteiger partial charge on any atom is -0.481 e. The van der Waals surface area contributed by atoms with Gasteiger partial charge < -0.3 is 10.0 Å². The molecular weight excluding hydrogens is 268 g/mol. The summed E-state index contributed by atoms with van der Waals surface area (Å²) in [4.78, 5) is 24.0. The second-order valence-corrected chi connectivity index (χ2v) is 4.42. The number of halogens is 2. The van der Waals surface area contributed by atoms with Crippen LogP contribution in [0.5, 0.6) is 0 Å². The molecule has 4 nitrogen and oxygen atoms in total. The highest BCUT2D eigenvalue weighted by molar-refractivity contribution is 5.83. The number of hydrogen-bond acceptors (Lipinski definition) is 2. The molecule has 1 unspecified atom stereocenters. The van der Waals surface area contributed by atoms with Crippen molar-refractivity contribution in [1.29, 1.82) is 0 Å². The molecule has 6 heteroatoms. The first-order valence-electron chi connectivity index (χ1n) is 6.33. The Balaban J connectivity index is 2.91. The first-order chi connectivity index (χ1) is 9.38. The lowest BCUT2D eigenvalue weighted by molar-refractivity contribution is -0.138. The van der Waals surface area contributed by atoms with Gasteiger partial charge >= 0.3 is 5.97 Å². The summed E-state index contributed by atoms with van der Waals surface area (Å²) in [5.41, 5.74) is -0.286. The molecule has 1 amide bonds. The van der Waals surface area contributed by atoms with Gasteiger partial charge in [0.25, 0.3) is 0 Å². The number of hydrogen-bond donors (Lipinski definition) is 1. The second-order valence-electron chi connectivity index (χ2n) is 4.42. The van der Waals surface area contributed by atoms with E-state index in [2.05, 4.69) is 0 Å². The molecule has 1 aromatic rings. The quantitative estimate of drug-likeness (QED) is 0.873. The Morgan fingerprint density at radius 3 is 2.30 bits per heavy atom. The fourth-order valence-corrected chi connectivity index (χ4v) is 1.98. The predicted molar refractivity (Wildman–Crippen MR) is 69.3 cm³/mol. The van der Waals surface area contributed by atoms with Crippen molar-refractivity contribution in [3.63, 3.8) is 0 Å². The summed E-state index contributed by atoms with van der Waals surface area (Å²) in [5, 5.41) is 8.63. The van der Waals surface area contributed by atoms with Crippen molar-refractivity contribution in [2.24, 2.45) is 0 Å². The standard InChI is InChI=1S/C14H17F2NO3/c1-3-17(8-7-12(18)19)14(20)9(2)13-10(15)5-4-6-11(13)16/h4-6,9H,3,7-8H2,1-2H3,(H,18,19). The van der Waals surface area contributed by atoms with Crippen LogP contribution in [0, 0.1) is 11.6 Å². The van der Waals surface area contributed by atoms with E-state index in [9.17, 15) is 18.4 Å². The fourth-order valence-electron chi connectivity index (χ4n) is 1.98. The van der Waals surface area contributed by atoms with E-state index in [1.54, 1.807) is 6.92 Å². The maximum absolute atomic E-state index is 13.6. The zero-order valence-electron chi connectivity index (χ0n) is 11.4. The van der Waals surface area contributed by atoms with Crippen molar-refractivity contribution < 1.29 is 23.5 Å². The van der Waals surface area contributed by atoms with Gasteiger partial charge in [-0.2, -0.15) is 0 Å². The van der Waals surface area contributed by atoms with E-state index in [1.165, 1.54) is 17.9 Å². The van der Waals surface area contributed by atoms with Crippen molar-refractivity contribution in [2.45, 2.75) is 26.2 Å². The molecule has 0 heterocycles. The second kappa shape index (κ2) is 6.98. The summed E-state index contributed by atoms with van der Waals surface area (Å²) >= 11 is 0. The van der Waals surface area contributed by atoms with Crippen molar-refractivity contribution in [3.05, 3.63) is 35.4 Å². The number of carbonyl (C=O) groups excluding carboxylic acids is 1. The summed E-state index contributed by atoms with van der Waals surface area (Å²) in [7, 11) is 0. The average Bonchev–Trinajstić information content (AvgIpc) is 2.38. The number of amides is 1. The lowest BCUT2D eigenvalue weighted by atomic mass is 9.98. The maximum Gasteiger partial charge on any atom is 0.305 e. The Morgan fingerprint density at radius 1 is 1.30 bits per heavy atom. The molecule has 1 rings (SSSR count). The molecule has 1 atom stereocenters. The number of carbonyl (C=O) groups is 2. The maximum atomic E-state index is 13.6. The van der Waals surface area contributed by atoms with Crippen LogP contribution in [0.2, 0.25) is 0 Å². The molecule has 20 heavy (non-hydrogen) atoms. The Bertz CT molecular complexity index is 485. The minimum atomic E-state index is -1.03. The van der Waals surface area contributed by atoms with Crippen LogP contribution in [-0.2, 0) is 9.59 Å². The predicted octanol–water partition coefficient (Wildman–Crippen LogP) is 2.39. The lowest BCUT2D eigenvalue weighted by Crippen LogP contribution is -2.36. The Labute approximate surface area is 116 Å². The summed E-state index contributed by atoms with van der Waals surface area (Å²) in [5.74, 6) is -4.07. The van der Waals surface area contributed by atoms with E-state index < -0.39 is 29.4 Å². The Kier molecular flexibility index (Phi) is 5.61. The molecule has 0 fully saturated rings. The van der Waals surface area contributed by atoms with Crippen molar-refractivity contribution in [1.82, 2.24) is 4.90 Å². The number of aliphatic carboxylic acids is 1. The normalized spacial score (nSPS) is 12.0. The smallest absolute Gasteiger partial charge is 0.305 e. The first-order valence-corrected chi connectivity index (χ1v) is 6.33. The minimum absolute atomic E-state index is 0.0189. The summed E-state index contributed by atoms with van der Waals surface area (Å²) in [6, 6.07) is 3.42. The lowest BCUT2D eigenvalue weighted by Gasteiger charge is -2.24. The zero-order valence-corrected chi connectivity index (χ0v) is 11.4. The van der Waals surface area contributed by atoms with Gasteiger partial charge in [-0.25, -0.2) is 8.78 Å². The molecule has 1 N–H and O–H groups in total. The SMILES string of the molecule is CCN(CCC(=O)O)C(=O)C(C)c1c(F)cccc1F. The van der Waals surface area contributed by atoms with E-state index in [1.807, 2.05) is 0 Å². The highest BCUT2D eigenvalue weighted by Gasteiger charge is 2.26. The molecule has 0 bridgehead atoms. The summed E-state index contributed by atoms with van der Waals surface area (Å²) in [6.45, 7) is 3.40. The van der Waals surface area contributed by atoms with Gasteiger partial charge in [-0.3, -0.25) is 9.59 Å². The molecule has 0 aliphatic carbocycles. The average molecular weight is 285 g/mol. The topological polar surface area (TPSA) is 57.6 Å². The largest absolute Gasteiger partial charge is 0.481 e. The van der Waals surface area contributed by atoms with Gasteiger partial charge in [0.1, 0.15) is 11.6 Å². The third-order valence-corrected chi connectivity index (χ3v) is 3.09. The van der Waals surface area contributed by atoms with Gasteiger partial charge in [-0.1, -0.05) is 6.07 Å². The number of carboxylic acids is 1. The van der Waals surface area contributed by atoms with Crippen LogP contribution in [0.1, 0.15) is 31.7 Å². The zero-order chi connectivity index (χ0) is 15.3. The summed E-state index contributed by atoms with van der Waals surface area (Å²) < 4.78 is 27.3. The van der Waals surface area contributed by atoms with Crippen LogP contribution in [0.3, 0.4) is 0 Å². The van der Waals surface area contributed by atoms with E-state index >= 15 is 0 Å². The van der Waals surface area contributed by atoms with Gasteiger partial charge in [0.05, 0.1) is 12.3 Å². The van der Waals surface area contributed by atoms with E-state index in [0.717, 1.165) is 12.1 Å². The molecule has 0 spiro atoms. The molecule has 0 radical (unpaired) electrons. The molecule has 0 saturated heterocycles. The fraction of sp³-hybridized carbons (Fsp3) is 0.429. The number of likely N-dealkylation sites (N-methyl/N-ethyl adjacent to an activating group) is 1. The van der Waals surface area contributed by atoms with E-state index in [4.69, 9.17) is 5.11 Å². The van der Waals surface area contributed by atoms with Gasteiger partial charge in [0, 0.05) is 18.7 Å². The molecule has 0 aromatic heterocycles. The molecule has 0 saturated carbocycles. The van der Waals surface area contributed by atoms with Crippen LogP contribution in [0.25, 0.3) is 0 Å². The van der Waals surface area contributed by atoms with E-state index in [0.29, 0.717) is 0 Å². The Hall–Kier alpha value is -1.98. The van der Waals surface area contributed by atoms with Gasteiger partial charge in [0.2, 0.25) is 5.91 Å². The molecule has 1 aromatic carbocycles. The van der Waals surface area contributed by atoms with Crippen molar-refractivity contribution >= 4 is 11.9 Å². The van der Waals surface area contributed by atoms with E-state index in [-0.39, 0.29) is 25.1 Å². The monoisotopic (exact) mass is 285 g/mol. The number of nitrogens with zero attached hydrogens (tertiary/aromatic N) is 1. The van der Waals surface area contributed by atoms with Crippen molar-refractivity contribution in [2.75, 3.05) is 13.1 Å². The number of benzene rings is 1. The first kappa shape index (κ1) is 16.1. The number of rotatable bonds is 6. The third-order valence-electron chi connectivity index (χ3n) is 3.09. The highest BCUT2D eigenvalue weighted by Crippen LogP contribution is 2.24. The Morgan fingerprint density at radius 2 is 1.85 bits per heavy atom. The van der Waals surface area contributed by atoms with Gasteiger partial charge in [-0.05, 0) is 26.0 Å².